The van der Waals surface area contributed by atoms with E-state index in [0.29, 0.717) is 35.5 Å². The van der Waals surface area contributed by atoms with Gasteiger partial charge in [-0.25, -0.2) is 9.59 Å². The van der Waals surface area contributed by atoms with Gasteiger partial charge in [-0.15, -0.1) is 0 Å². The quantitative estimate of drug-likeness (QED) is 0.183. The SMILES string of the molecule is O=C(Oc1ccc(C2OCC3(CCC4(COC(c5ccc(OC(=O)c6ccccc6)cc5)OC4)C3=O)CO2)cc1)c1ccccc1. The maximum atomic E-state index is 13.9. The van der Waals surface area contributed by atoms with Crippen LogP contribution in [0.2, 0.25) is 0 Å². The second-order valence-corrected chi connectivity index (χ2v) is 11.9. The van der Waals surface area contributed by atoms with E-state index in [9.17, 15) is 14.4 Å². The molecule has 2 saturated heterocycles. The van der Waals surface area contributed by atoms with Gasteiger partial charge in [0.1, 0.15) is 11.5 Å². The predicted molar refractivity (Wildman–Crippen MR) is 164 cm³/mol. The fourth-order valence-corrected chi connectivity index (χ4v) is 6.19. The van der Waals surface area contributed by atoms with E-state index in [2.05, 4.69) is 0 Å². The molecular weight excluding hydrogens is 588 g/mol. The first-order chi connectivity index (χ1) is 22.4. The molecule has 0 radical (unpaired) electrons. The van der Waals surface area contributed by atoms with Gasteiger partial charge in [0.25, 0.3) is 0 Å². The van der Waals surface area contributed by atoms with Crippen LogP contribution in [0, 0.1) is 10.8 Å². The molecule has 4 aromatic rings. The number of esters is 2. The van der Waals surface area contributed by atoms with Gasteiger partial charge < -0.3 is 28.4 Å². The van der Waals surface area contributed by atoms with Crippen molar-refractivity contribution in [1.29, 1.82) is 0 Å². The smallest absolute Gasteiger partial charge is 0.343 e. The molecule has 46 heavy (non-hydrogen) atoms. The van der Waals surface area contributed by atoms with E-state index in [0.717, 1.165) is 11.1 Å². The molecule has 0 bridgehead atoms. The lowest BCUT2D eigenvalue weighted by molar-refractivity contribution is -0.240. The number of carbonyl (C=O) groups excluding carboxylic acids is 3. The van der Waals surface area contributed by atoms with Crippen LogP contribution < -0.4 is 9.47 Å². The van der Waals surface area contributed by atoms with E-state index in [-0.39, 0.29) is 32.2 Å². The van der Waals surface area contributed by atoms with Crippen molar-refractivity contribution in [2.24, 2.45) is 10.8 Å². The second-order valence-electron chi connectivity index (χ2n) is 11.9. The first-order valence-electron chi connectivity index (χ1n) is 15.2. The lowest BCUT2D eigenvalue weighted by Crippen LogP contribution is -2.50. The van der Waals surface area contributed by atoms with Gasteiger partial charge in [0.15, 0.2) is 18.4 Å². The molecule has 0 aromatic heterocycles. The molecule has 3 aliphatic rings. The zero-order valence-electron chi connectivity index (χ0n) is 25.0. The summed E-state index contributed by atoms with van der Waals surface area (Å²) < 4.78 is 35.3. The van der Waals surface area contributed by atoms with Crippen LogP contribution in [0.5, 0.6) is 11.5 Å². The van der Waals surface area contributed by atoms with E-state index in [4.69, 9.17) is 28.4 Å². The Hall–Kier alpha value is -4.67. The van der Waals surface area contributed by atoms with Crippen molar-refractivity contribution < 1.29 is 42.8 Å². The van der Waals surface area contributed by atoms with Crippen LogP contribution in [-0.4, -0.2) is 44.1 Å². The lowest BCUT2D eigenvalue weighted by atomic mass is 9.78. The van der Waals surface area contributed by atoms with Crippen molar-refractivity contribution in [2.75, 3.05) is 26.4 Å². The van der Waals surface area contributed by atoms with E-state index in [1.807, 2.05) is 12.1 Å². The van der Waals surface area contributed by atoms with Crippen LogP contribution in [0.25, 0.3) is 0 Å². The summed E-state index contributed by atoms with van der Waals surface area (Å²) in [6.45, 7) is 0.927. The predicted octanol–water partition coefficient (Wildman–Crippen LogP) is 6.25. The average molecular weight is 621 g/mol. The second kappa shape index (κ2) is 12.6. The fraction of sp³-hybridized carbons (Fsp3) is 0.270. The molecule has 0 atom stereocenters. The fourth-order valence-electron chi connectivity index (χ4n) is 6.19. The van der Waals surface area contributed by atoms with Gasteiger partial charge in [-0.1, -0.05) is 60.7 Å². The van der Waals surface area contributed by atoms with Crippen molar-refractivity contribution >= 4 is 17.7 Å². The molecule has 0 N–H and O–H groups in total. The number of benzene rings is 4. The molecule has 7 rings (SSSR count). The van der Waals surface area contributed by atoms with E-state index < -0.39 is 35.3 Å². The Morgan fingerprint density at radius 2 is 0.870 bits per heavy atom. The van der Waals surface area contributed by atoms with Crippen LogP contribution in [0.3, 0.4) is 0 Å². The number of hydrogen-bond donors (Lipinski definition) is 0. The highest BCUT2D eigenvalue weighted by molar-refractivity contribution is 5.93. The van der Waals surface area contributed by atoms with E-state index in [1.54, 1.807) is 97.1 Å². The Bertz CT molecular complexity index is 1560. The summed E-state index contributed by atoms with van der Waals surface area (Å²) in [6, 6.07) is 31.5. The van der Waals surface area contributed by atoms with Gasteiger partial charge in [0.2, 0.25) is 0 Å². The minimum Gasteiger partial charge on any atom is -0.423 e. The molecule has 2 heterocycles. The Morgan fingerprint density at radius 3 is 1.22 bits per heavy atom. The Morgan fingerprint density at radius 1 is 0.522 bits per heavy atom. The average Bonchev–Trinajstić information content (AvgIpc) is 3.36. The Balaban J connectivity index is 0.912. The highest BCUT2D eigenvalue weighted by atomic mass is 16.7. The number of rotatable bonds is 6. The third kappa shape index (κ3) is 5.98. The molecular formula is C37H32O9. The normalized spacial score (nSPS) is 25.8. The van der Waals surface area contributed by atoms with Gasteiger partial charge >= 0.3 is 11.9 Å². The van der Waals surface area contributed by atoms with Crippen LogP contribution >= 0.6 is 0 Å². The van der Waals surface area contributed by atoms with Gasteiger partial charge in [-0.2, -0.15) is 0 Å². The van der Waals surface area contributed by atoms with Crippen LogP contribution in [-0.2, 0) is 23.7 Å². The minimum absolute atomic E-state index is 0.0447. The summed E-state index contributed by atoms with van der Waals surface area (Å²) in [5.41, 5.74) is 0.954. The largest absolute Gasteiger partial charge is 0.423 e. The van der Waals surface area contributed by atoms with Crippen molar-refractivity contribution in [3.05, 3.63) is 131 Å². The number of Topliss-reactive ketones (excluding diaryl/α,β-unsaturated/α-hetero) is 1. The summed E-state index contributed by atoms with van der Waals surface area (Å²) in [4.78, 5) is 38.5. The highest BCUT2D eigenvalue weighted by Gasteiger charge is 2.60. The van der Waals surface area contributed by atoms with E-state index >= 15 is 0 Å². The topological polar surface area (TPSA) is 107 Å². The molecule has 3 fully saturated rings. The summed E-state index contributed by atoms with van der Waals surface area (Å²) in [5.74, 6) is 0.00150. The van der Waals surface area contributed by atoms with Crippen LogP contribution in [0.1, 0.15) is 57.3 Å². The molecule has 0 unspecified atom stereocenters. The molecule has 234 valence electrons. The third-order valence-electron chi connectivity index (χ3n) is 8.83. The molecule has 2 spiro atoms. The number of carbonyl (C=O) groups is 3. The maximum absolute atomic E-state index is 13.9. The van der Waals surface area contributed by atoms with Crippen molar-refractivity contribution in [3.8, 4) is 11.5 Å². The van der Waals surface area contributed by atoms with Crippen LogP contribution in [0.15, 0.2) is 109 Å². The minimum atomic E-state index is -0.758. The van der Waals surface area contributed by atoms with Gasteiger partial charge in [0, 0.05) is 11.1 Å². The molecule has 1 saturated carbocycles. The maximum Gasteiger partial charge on any atom is 0.343 e. The molecule has 4 aromatic carbocycles. The van der Waals surface area contributed by atoms with Crippen molar-refractivity contribution in [3.63, 3.8) is 0 Å². The van der Waals surface area contributed by atoms with Gasteiger partial charge in [0.05, 0.1) is 48.4 Å². The first-order valence-corrected chi connectivity index (χ1v) is 15.2. The number of hydrogen-bond acceptors (Lipinski definition) is 9. The third-order valence-corrected chi connectivity index (χ3v) is 8.83. The summed E-state index contributed by atoms with van der Waals surface area (Å²) in [6.07, 6.45) is -0.0311. The van der Waals surface area contributed by atoms with E-state index in [1.165, 1.54) is 0 Å². The zero-order chi connectivity index (χ0) is 31.6. The molecule has 9 heteroatoms. The molecule has 9 nitrogen and oxygen atoms in total. The van der Waals surface area contributed by atoms with Crippen LogP contribution in [0.4, 0.5) is 0 Å². The first kappa shape index (κ1) is 30.0. The van der Waals surface area contributed by atoms with Crippen molar-refractivity contribution in [2.45, 2.75) is 25.4 Å². The number of ether oxygens (including phenoxy) is 6. The monoisotopic (exact) mass is 620 g/mol. The van der Waals surface area contributed by atoms with Gasteiger partial charge in [-0.3, -0.25) is 4.79 Å². The molecule has 1 aliphatic carbocycles. The number of ketones is 1. The summed E-state index contributed by atoms with van der Waals surface area (Å²) >= 11 is 0. The Labute approximate surface area is 265 Å². The molecule has 0 amide bonds. The van der Waals surface area contributed by atoms with Crippen molar-refractivity contribution in [1.82, 2.24) is 0 Å². The summed E-state index contributed by atoms with van der Waals surface area (Å²) in [5, 5.41) is 0. The highest BCUT2D eigenvalue weighted by Crippen LogP contribution is 2.52. The molecule has 2 aliphatic heterocycles. The zero-order valence-corrected chi connectivity index (χ0v) is 25.0. The standard InChI is InChI=1S/C37H32O9/c38-31(25-7-3-1-4-8-25)45-29-15-11-27(12-16-29)33-41-21-36(22-42-33)19-20-37(35(36)40)23-43-34(44-24-37)28-13-17-30(18-14-28)46-32(39)26-9-5-2-6-10-26/h1-18,33-34H,19-24H2. The summed E-state index contributed by atoms with van der Waals surface area (Å²) in [7, 11) is 0. The Kier molecular flexibility index (Phi) is 8.23. The lowest BCUT2D eigenvalue weighted by Gasteiger charge is -2.40. The van der Waals surface area contributed by atoms with Gasteiger partial charge in [-0.05, 0) is 61.4 Å².